The minimum atomic E-state index is -3.26. The number of allylic oxidation sites excluding steroid dienone is 1. The van der Waals surface area contributed by atoms with Crippen LogP contribution in [0.5, 0.6) is 0 Å². The Balaban J connectivity index is 1.78. The Morgan fingerprint density at radius 2 is 1.48 bits per heavy atom. The van der Waals surface area contributed by atoms with Crippen molar-refractivity contribution in [2.75, 3.05) is 0 Å². The van der Waals surface area contributed by atoms with Gasteiger partial charge in [0, 0.05) is 15.9 Å². The number of benzene rings is 3. The fourth-order valence-corrected chi connectivity index (χ4v) is 7.01. The molecule has 4 heteroatoms. The molecule has 3 nitrogen and oxygen atoms in total. The zero-order valence-electron chi connectivity index (χ0n) is 17.7. The summed E-state index contributed by atoms with van der Waals surface area (Å²) in [7, 11) is -3.26. The highest BCUT2D eigenvalue weighted by molar-refractivity contribution is 7.85. The lowest BCUT2D eigenvalue weighted by atomic mass is 9.96. The molecule has 158 valence electrons. The Bertz CT molecular complexity index is 1080. The summed E-state index contributed by atoms with van der Waals surface area (Å²) in [6.07, 6.45) is 5.74. The van der Waals surface area contributed by atoms with Crippen LogP contribution in [0.4, 0.5) is 0 Å². The van der Waals surface area contributed by atoms with Crippen molar-refractivity contribution in [3.8, 4) is 0 Å². The number of rotatable bonds is 6. The Morgan fingerprint density at radius 3 is 2.10 bits per heavy atom. The molecule has 0 fully saturated rings. The molecule has 1 aliphatic carbocycles. The predicted octanol–water partition coefficient (Wildman–Crippen LogP) is 5.37. The van der Waals surface area contributed by atoms with Crippen LogP contribution >= 0.6 is 7.14 Å². The van der Waals surface area contributed by atoms with Crippen molar-refractivity contribution in [1.82, 2.24) is 0 Å². The highest BCUT2D eigenvalue weighted by Gasteiger charge is 2.34. The van der Waals surface area contributed by atoms with E-state index in [0.29, 0.717) is 21.5 Å². The number of carbonyl (C=O) groups is 1. The maximum Gasteiger partial charge on any atom is 0.339 e. The molecule has 0 aromatic heterocycles. The van der Waals surface area contributed by atoms with E-state index >= 15 is 0 Å². The summed E-state index contributed by atoms with van der Waals surface area (Å²) in [6.45, 7) is 2.13. The highest BCUT2D eigenvalue weighted by atomic mass is 31.2. The van der Waals surface area contributed by atoms with Crippen LogP contribution in [0.3, 0.4) is 0 Å². The summed E-state index contributed by atoms with van der Waals surface area (Å²) in [5.74, 6) is -0.415. The van der Waals surface area contributed by atoms with Gasteiger partial charge in [-0.3, -0.25) is 0 Å². The summed E-state index contributed by atoms with van der Waals surface area (Å²) in [5, 5.41) is 1.92. The van der Waals surface area contributed by atoms with Crippen molar-refractivity contribution in [2.45, 2.75) is 38.7 Å². The molecule has 0 saturated heterocycles. The van der Waals surface area contributed by atoms with E-state index < -0.39 is 13.1 Å². The third kappa shape index (κ3) is 4.43. The fraction of sp³-hybridized carbons (Fsp3) is 0.222. The van der Waals surface area contributed by atoms with Crippen LogP contribution in [0.15, 0.2) is 96.6 Å². The minimum absolute atomic E-state index is 0.225. The molecule has 0 bridgehead atoms. The second kappa shape index (κ2) is 9.49. The molecule has 0 saturated carbocycles. The maximum atomic E-state index is 14.7. The third-order valence-electron chi connectivity index (χ3n) is 5.82. The smallest absolute Gasteiger partial charge is 0.339 e. The largest absolute Gasteiger partial charge is 0.455 e. The standard InChI is InChI=1S/C27H27O3P/c1-2-21-12-11-13-22(20-21)30-27(28)25-18-9-10-19-26(25)31(29,23-14-5-3-6-15-23)24-16-7-4-8-17-24/h3-10,14-20,22H,2,11-13H2,1H3/t22-/m0/s1. The SMILES string of the molecule is CCC1=C[C@@H](OC(=O)c2ccccc2P(=O)(c2ccccc2)c2ccccc2)CCC1. The fourth-order valence-electron chi connectivity index (χ4n) is 4.17. The van der Waals surface area contributed by atoms with E-state index in [1.165, 1.54) is 5.57 Å². The van der Waals surface area contributed by atoms with Gasteiger partial charge in [0.2, 0.25) is 0 Å². The van der Waals surface area contributed by atoms with Crippen LogP contribution < -0.4 is 15.9 Å². The zero-order valence-corrected chi connectivity index (χ0v) is 18.6. The summed E-state index contributed by atoms with van der Waals surface area (Å²) in [6, 6.07) is 26.0. The molecule has 3 aromatic carbocycles. The Hall–Kier alpha value is -2.90. The van der Waals surface area contributed by atoms with Crippen molar-refractivity contribution >= 4 is 29.0 Å². The molecule has 0 spiro atoms. The van der Waals surface area contributed by atoms with Gasteiger partial charge < -0.3 is 9.30 Å². The Kier molecular flexibility index (Phi) is 6.53. The quantitative estimate of drug-likeness (QED) is 0.300. The molecule has 4 rings (SSSR count). The van der Waals surface area contributed by atoms with Crippen LogP contribution in [-0.2, 0) is 9.30 Å². The van der Waals surface area contributed by atoms with Gasteiger partial charge in [-0.25, -0.2) is 4.79 Å². The lowest BCUT2D eigenvalue weighted by Gasteiger charge is -2.24. The van der Waals surface area contributed by atoms with Crippen molar-refractivity contribution in [2.24, 2.45) is 0 Å². The molecule has 31 heavy (non-hydrogen) atoms. The third-order valence-corrected chi connectivity index (χ3v) is 8.94. The molecule has 1 atom stereocenters. The lowest BCUT2D eigenvalue weighted by Crippen LogP contribution is -2.30. The minimum Gasteiger partial charge on any atom is -0.455 e. The molecule has 0 N–H and O–H groups in total. The molecular formula is C27H27O3P. The van der Waals surface area contributed by atoms with Gasteiger partial charge in [0.15, 0.2) is 7.14 Å². The Labute approximate surface area is 184 Å². The van der Waals surface area contributed by atoms with Gasteiger partial charge >= 0.3 is 5.97 Å². The average Bonchev–Trinajstić information content (AvgIpc) is 2.84. The summed E-state index contributed by atoms with van der Waals surface area (Å²) in [5.41, 5.74) is 1.70. The van der Waals surface area contributed by atoms with E-state index in [9.17, 15) is 9.36 Å². The number of ether oxygens (including phenoxy) is 1. The average molecular weight is 430 g/mol. The van der Waals surface area contributed by atoms with Gasteiger partial charge in [-0.2, -0.15) is 0 Å². The van der Waals surface area contributed by atoms with Crippen LogP contribution in [-0.4, -0.2) is 12.1 Å². The molecule has 0 aliphatic heterocycles. The van der Waals surface area contributed by atoms with E-state index in [0.717, 1.165) is 25.7 Å². The molecular weight excluding hydrogens is 403 g/mol. The maximum absolute atomic E-state index is 14.7. The van der Waals surface area contributed by atoms with Crippen LogP contribution in [0.25, 0.3) is 0 Å². The first kappa shape index (κ1) is 21.3. The van der Waals surface area contributed by atoms with Crippen molar-refractivity contribution in [3.05, 3.63) is 102 Å². The monoisotopic (exact) mass is 430 g/mol. The molecule has 0 heterocycles. The first-order valence-corrected chi connectivity index (χ1v) is 12.5. The van der Waals surface area contributed by atoms with E-state index in [-0.39, 0.29) is 6.10 Å². The van der Waals surface area contributed by atoms with Gasteiger partial charge in [-0.05, 0) is 43.9 Å². The van der Waals surface area contributed by atoms with Gasteiger partial charge in [0.1, 0.15) is 6.10 Å². The molecule has 0 radical (unpaired) electrons. The molecule has 1 aliphatic rings. The highest BCUT2D eigenvalue weighted by Crippen LogP contribution is 2.43. The molecule has 0 amide bonds. The number of hydrogen-bond acceptors (Lipinski definition) is 3. The molecule has 3 aromatic rings. The topological polar surface area (TPSA) is 43.4 Å². The van der Waals surface area contributed by atoms with Gasteiger partial charge in [0.05, 0.1) is 5.56 Å². The Morgan fingerprint density at radius 1 is 0.903 bits per heavy atom. The van der Waals surface area contributed by atoms with Crippen LogP contribution in [0, 0.1) is 0 Å². The second-order valence-electron chi connectivity index (χ2n) is 7.81. The first-order chi connectivity index (χ1) is 15.1. The molecule has 0 unspecified atom stereocenters. The zero-order chi connectivity index (χ0) is 21.7. The van der Waals surface area contributed by atoms with E-state index in [2.05, 4.69) is 13.0 Å². The van der Waals surface area contributed by atoms with E-state index in [1.807, 2.05) is 66.7 Å². The second-order valence-corrected chi connectivity index (χ2v) is 10.5. The lowest BCUT2D eigenvalue weighted by molar-refractivity contribution is 0.0368. The van der Waals surface area contributed by atoms with E-state index in [4.69, 9.17) is 4.74 Å². The summed E-state index contributed by atoms with van der Waals surface area (Å²) in [4.78, 5) is 13.3. The van der Waals surface area contributed by atoms with Gasteiger partial charge in [-0.15, -0.1) is 0 Å². The van der Waals surface area contributed by atoms with Crippen molar-refractivity contribution < 1.29 is 14.1 Å². The number of carbonyl (C=O) groups excluding carboxylic acids is 1. The normalized spacial score (nSPS) is 16.4. The number of esters is 1. The summed E-state index contributed by atoms with van der Waals surface area (Å²) >= 11 is 0. The van der Waals surface area contributed by atoms with Crippen LogP contribution in [0.1, 0.15) is 43.0 Å². The van der Waals surface area contributed by atoms with Crippen LogP contribution in [0.2, 0.25) is 0 Å². The van der Waals surface area contributed by atoms with Crippen molar-refractivity contribution in [3.63, 3.8) is 0 Å². The van der Waals surface area contributed by atoms with Gasteiger partial charge in [-0.1, -0.05) is 85.3 Å². The predicted molar refractivity (Wildman–Crippen MR) is 127 cm³/mol. The summed E-state index contributed by atoms with van der Waals surface area (Å²) < 4.78 is 20.6. The van der Waals surface area contributed by atoms with Gasteiger partial charge in [0.25, 0.3) is 0 Å². The van der Waals surface area contributed by atoms with E-state index in [1.54, 1.807) is 18.2 Å². The van der Waals surface area contributed by atoms with Crippen molar-refractivity contribution in [1.29, 1.82) is 0 Å². The first-order valence-electron chi connectivity index (χ1n) is 10.8. The number of hydrogen-bond donors (Lipinski definition) is 0.